The van der Waals surface area contributed by atoms with Crippen LogP contribution in [0.15, 0.2) is 0 Å². The van der Waals surface area contributed by atoms with Gasteiger partial charge in [0.1, 0.15) is 35.6 Å². The zero-order valence-corrected chi connectivity index (χ0v) is 13.3. The summed E-state index contributed by atoms with van der Waals surface area (Å²) in [6.07, 6.45) is -4.97. The molecule has 24 heavy (non-hydrogen) atoms. The second kappa shape index (κ2) is 6.75. The van der Waals surface area contributed by atoms with E-state index in [4.69, 9.17) is 19.3 Å². The Hall–Kier alpha value is -0.360. The molecule has 1 saturated carbocycles. The van der Waals surface area contributed by atoms with Crippen molar-refractivity contribution in [3.05, 3.63) is 0 Å². The molecule has 2 heterocycles. The number of aliphatic hydroxyl groups is 6. The average Bonchev–Trinajstić information content (AvgIpc) is 3.02. The first-order valence-electron chi connectivity index (χ1n) is 8.28. The number of rotatable bonds is 6. The van der Waals surface area contributed by atoms with E-state index in [9.17, 15) is 25.5 Å². The van der Waals surface area contributed by atoms with Gasteiger partial charge in [0.05, 0.1) is 26.4 Å². The number of hydrogen-bond acceptors (Lipinski definition) is 9. The van der Waals surface area contributed by atoms with Crippen LogP contribution in [-0.4, -0.2) is 99.0 Å². The molecule has 8 atom stereocenters. The number of ether oxygens (including phenoxy) is 3. The smallest absolute Gasteiger partial charge is 0.186 e. The summed E-state index contributed by atoms with van der Waals surface area (Å²) in [7, 11) is 0. The van der Waals surface area contributed by atoms with E-state index >= 15 is 0 Å². The minimum atomic E-state index is -1.49. The fraction of sp³-hybridized carbons (Fsp3) is 1.00. The van der Waals surface area contributed by atoms with Gasteiger partial charge in [0.25, 0.3) is 0 Å². The van der Waals surface area contributed by atoms with Crippen LogP contribution < -0.4 is 0 Å². The Bertz CT molecular complexity index is 437. The Morgan fingerprint density at radius 3 is 2.42 bits per heavy atom. The summed E-state index contributed by atoms with van der Waals surface area (Å²) in [6.45, 7) is -0.476. The number of aliphatic hydroxyl groups excluding tert-OH is 5. The van der Waals surface area contributed by atoms with Crippen molar-refractivity contribution in [3.63, 3.8) is 0 Å². The van der Waals surface area contributed by atoms with Crippen LogP contribution in [0, 0.1) is 5.92 Å². The molecule has 3 aliphatic rings. The van der Waals surface area contributed by atoms with E-state index in [0.29, 0.717) is 13.0 Å². The lowest BCUT2D eigenvalue weighted by Crippen LogP contribution is -2.59. The van der Waals surface area contributed by atoms with Crippen LogP contribution in [0.3, 0.4) is 0 Å². The summed E-state index contributed by atoms with van der Waals surface area (Å²) in [5, 5.41) is 58.8. The van der Waals surface area contributed by atoms with E-state index < -0.39 is 55.1 Å². The molecule has 2 bridgehead atoms. The molecule has 140 valence electrons. The minimum Gasteiger partial charge on any atom is -0.394 e. The summed E-state index contributed by atoms with van der Waals surface area (Å²) in [5.41, 5.74) is -2.19. The van der Waals surface area contributed by atoms with Gasteiger partial charge in [-0.3, -0.25) is 0 Å². The fourth-order valence-corrected chi connectivity index (χ4v) is 4.14. The molecule has 1 aliphatic carbocycles. The molecule has 0 aromatic rings. The number of fused-ring (bicyclic) bond motifs is 2. The molecule has 0 radical (unpaired) electrons. The van der Waals surface area contributed by atoms with Crippen LogP contribution in [0.5, 0.6) is 0 Å². The lowest BCUT2D eigenvalue weighted by molar-refractivity contribution is -0.303. The van der Waals surface area contributed by atoms with Gasteiger partial charge in [0, 0.05) is 12.3 Å². The Morgan fingerprint density at radius 1 is 1.08 bits per heavy atom. The van der Waals surface area contributed by atoms with Gasteiger partial charge < -0.3 is 44.8 Å². The second-order valence-electron chi connectivity index (χ2n) is 6.94. The molecule has 0 unspecified atom stereocenters. The molecule has 0 aromatic heterocycles. The molecular formula is C15H26O9. The highest BCUT2D eigenvalue weighted by molar-refractivity contribution is 5.14. The van der Waals surface area contributed by atoms with Crippen molar-refractivity contribution in [2.75, 3.05) is 26.4 Å². The Labute approximate surface area is 139 Å². The van der Waals surface area contributed by atoms with Crippen molar-refractivity contribution in [2.24, 2.45) is 5.92 Å². The topological polar surface area (TPSA) is 149 Å². The van der Waals surface area contributed by atoms with Crippen molar-refractivity contribution < 1.29 is 44.8 Å². The van der Waals surface area contributed by atoms with Gasteiger partial charge in [-0.05, 0) is 12.8 Å². The Kier molecular flexibility index (Phi) is 5.18. The third-order valence-electron chi connectivity index (χ3n) is 5.80. The first-order chi connectivity index (χ1) is 11.4. The first-order valence-corrected chi connectivity index (χ1v) is 8.28. The standard InChI is InChI=1S/C15H26O9/c16-5-9-10(18)11(19)12(20)13(24-9)22-4-3-14-2-1-8(6-23-14)15(14,21)7-17/h8-13,16-21H,1-7H2/t8-,9-,10-,11-,12-,13-,14+,15+/m1/s1. The average molecular weight is 350 g/mol. The highest BCUT2D eigenvalue weighted by Gasteiger charge is 2.64. The molecule has 3 rings (SSSR count). The monoisotopic (exact) mass is 350 g/mol. The van der Waals surface area contributed by atoms with Crippen LogP contribution >= 0.6 is 0 Å². The summed E-state index contributed by atoms with van der Waals surface area (Å²) < 4.78 is 16.4. The quantitative estimate of drug-likeness (QED) is 0.296. The highest BCUT2D eigenvalue weighted by Crippen LogP contribution is 2.53. The zero-order chi connectivity index (χ0) is 17.5. The highest BCUT2D eigenvalue weighted by atomic mass is 16.7. The summed E-state index contributed by atoms with van der Waals surface area (Å²) in [5.74, 6) is -0.102. The van der Waals surface area contributed by atoms with Crippen LogP contribution in [0.2, 0.25) is 0 Å². The van der Waals surface area contributed by atoms with Crippen LogP contribution in [0.25, 0.3) is 0 Å². The Balaban J connectivity index is 1.58. The normalized spacial score (nSPS) is 51.2. The van der Waals surface area contributed by atoms with Gasteiger partial charge in [0.2, 0.25) is 0 Å². The van der Waals surface area contributed by atoms with E-state index in [1.165, 1.54) is 0 Å². The van der Waals surface area contributed by atoms with Crippen LogP contribution in [-0.2, 0) is 14.2 Å². The van der Waals surface area contributed by atoms with Crippen LogP contribution in [0.1, 0.15) is 19.3 Å². The third kappa shape index (κ3) is 2.68. The van der Waals surface area contributed by atoms with Crippen molar-refractivity contribution in [1.29, 1.82) is 0 Å². The Morgan fingerprint density at radius 2 is 1.83 bits per heavy atom. The molecular weight excluding hydrogens is 324 g/mol. The second-order valence-corrected chi connectivity index (χ2v) is 6.94. The molecule has 0 amide bonds. The molecule has 2 saturated heterocycles. The predicted molar refractivity (Wildman–Crippen MR) is 77.8 cm³/mol. The number of hydrogen-bond donors (Lipinski definition) is 6. The molecule has 2 aliphatic heterocycles. The minimum absolute atomic E-state index is 0.0533. The molecule has 0 spiro atoms. The van der Waals surface area contributed by atoms with Crippen LogP contribution in [0.4, 0.5) is 0 Å². The molecule has 9 nitrogen and oxygen atoms in total. The van der Waals surface area contributed by atoms with Crippen molar-refractivity contribution in [3.8, 4) is 0 Å². The SMILES string of the molecule is OC[C@H]1O[C@@H](OCC[C@]23CC[C@H](CO2)[C@@]3(O)CO)[C@H](O)[C@H](O)[C@@H]1O. The fourth-order valence-electron chi connectivity index (χ4n) is 4.14. The third-order valence-corrected chi connectivity index (χ3v) is 5.80. The van der Waals surface area contributed by atoms with Crippen molar-refractivity contribution in [2.45, 2.75) is 61.2 Å². The largest absolute Gasteiger partial charge is 0.394 e. The molecule has 6 N–H and O–H groups in total. The maximum Gasteiger partial charge on any atom is 0.186 e. The lowest BCUT2D eigenvalue weighted by Gasteiger charge is -2.40. The van der Waals surface area contributed by atoms with E-state index in [2.05, 4.69) is 0 Å². The lowest BCUT2D eigenvalue weighted by atomic mass is 9.82. The van der Waals surface area contributed by atoms with E-state index in [1.54, 1.807) is 0 Å². The van der Waals surface area contributed by atoms with Gasteiger partial charge >= 0.3 is 0 Å². The maximum absolute atomic E-state index is 10.7. The van der Waals surface area contributed by atoms with Crippen molar-refractivity contribution >= 4 is 0 Å². The molecule has 9 heteroatoms. The van der Waals surface area contributed by atoms with E-state index in [-0.39, 0.29) is 18.9 Å². The van der Waals surface area contributed by atoms with Crippen molar-refractivity contribution in [1.82, 2.24) is 0 Å². The van der Waals surface area contributed by atoms with Gasteiger partial charge in [-0.25, -0.2) is 0 Å². The zero-order valence-electron chi connectivity index (χ0n) is 13.3. The predicted octanol–water partition coefficient (Wildman–Crippen LogP) is -2.90. The van der Waals surface area contributed by atoms with Gasteiger partial charge in [0.15, 0.2) is 6.29 Å². The summed E-state index contributed by atoms with van der Waals surface area (Å²) in [4.78, 5) is 0. The van der Waals surface area contributed by atoms with Gasteiger partial charge in [-0.1, -0.05) is 0 Å². The summed E-state index contributed by atoms with van der Waals surface area (Å²) >= 11 is 0. The molecule has 0 aromatic carbocycles. The van der Waals surface area contributed by atoms with Gasteiger partial charge in [-0.15, -0.1) is 0 Å². The summed E-state index contributed by atoms with van der Waals surface area (Å²) in [6, 6.07) is 0. The van der Waals surface area contributed by atoms with E-state index in [0.717, 1.165) is 6.42 Å². The van der Waals surface area contributed by atoms with Gasteiger partial charge in [-0.2, -0.15) is 0 Å². The first kappa shape index (κ1) is 18.4. The molecule has 3 fully saturated rings. The van der Waals surface area contributed by atoms with E-state index in [1.807, 2.05) is 0 Å². The maximum atomic E-state index is 10.7.